The van der Waals surface area contributed by atoms with Crippen LogP contribution in [-0.2, 0) is 4.79 Å². The number of pyridine rings is 1. The van der Waals surface area contributed by atoms with Gasteiger partial charge in [0.1, 0.15) is 16.4 Å². The van der Waals surface area contributed by atoms with Gasteiger partial charge < -0.3 is 10.4 Å². The lowest BCUT2D eigenvalue weighted by atomic mass is 9.96. The summed E-state index contributed by atoms with van der Waals surface area (Å²) in [4.78, 5) is 52.9. The van der Waals surface area contributed by atoms with E-state index in [-0.39, 0.29) is 33.9 Å². The van der Waals surface area contributed by atoms with Gasteiger partial charge in [0.2, 0.25) is 5.91 Å². The van der Waals surface area contributed by atoms with Crippen molar-refractivity contribution in [1.82, 2.24) is 9.47 Å². The van der Waals surface area contributed by atoms with E-state index in [2.05, 4.69) is 5.32 Å². The molecule has 2 aromatic carbocycles. The smallest absolute Gasteiger partial charge is 0.407 e. The average Bonchev–Trinajstić information content (AvgIpc) is 3.20. The fourth-order valence-corrected chi connectivity index (χ4v) is 5.28. The van der Waals surface area contributed by atoms with Crippen LogP contribution < -0.4 is 10.9 Å². The predicted molar refractivity (Wildman–Crippen MR) is 145 cm³/mol. The molecule has 0 atom stereocenters. The molecule has 0 unspecified atom stereocenters. The highest BCUT2D eigenvalue weighted by atomic mass is 32.1. The molecule has 190 valence electrons. The molecule has 4 rings (SSSR count). The van der Waals surface area contributed by atoms with Crippen LogP contribution in [0, 0.1) is 5.41 Å². The molecule has 9 heteroatoms. The topological polar surface area (TPSA) is 109 Å². The maximum atomic E-state index is 13.6. The fraction of sp³-hybridized carbons (Fsp3) is 0.214. The minimum absolute atomic E-state index is 0.158. The van der Waals surface area contributed by atoms with Crippen molar-refractivity contribution in [2.75, 3.05) is 18.4 Å². The predicted octanol–water partition coefficient (Wildman–Crippen LogP) is 5.25. The van der Waals surface area contributed by atoms with Crippen LogP contribution in [0.2, 0.25) is 0 Å². The number of carbonyl (C=O) groups excluding carboxylic acids is 2. The second-order valence-corrected chi connectivity index (χ2v) is 10.8. The van der Waals surface area contributed by atoms with Crippen LogP contribution in [0.5, 0.6) is 0 Å². The zero-order chi connectivity index (χ0) is 26.7. The summed E-state index contributed by atoms with van der Waals surface area (Å²) in [5, 5.41) is 13.1. The molecule has 2 N–H and O–H groups in total. The van der Waals surface area contributed by atoms with E-state index in [1.54, 1.807) is 48.5 Å². The number of aromatic nitrogens is 1. The normalized spacial score (nSPS) is 11.3. The van der Waals surface area contributed by atoms with Crippen molar-refractivity contribution in [3.05, 3.63) is 94.3 Å². The maximum absolute atomic E-state index is 13.6. The number of benzene rings is 2. The van der Waals surface area contributed by atoms with E-state index in [4.69, 9.17) is 0 Å². The molecule has 2 amide bonds. The summed E-state index contributed by atoms with van der Waals surface area (Å²) in [5.41, 5.74) is 0.671. The van der Waals surface area contributed by atoms with Gasteiger partial charge in [-0.1, -0.05) is 80.6 Å². The van der Waals surface area contributed by atoms with Crippen LogP contribution in [-0.4, -0.2) is 45.4 Å². The van der Waals surface area contributed by atoms with Gasteiger partial charge in [0.15, 0.2) is 5.78 Å². The molecular weight excluding hydrogens is 490 g/mol. The number of amides is 2. The Kier molecular flexibility index (Phi) is 7.26. The van der Waals surface area contributed by atoms with Gasteiger partial charge in [-0.25, -0.2) is 4.79 Å². The number of hydrogen-bond donors (Lipinski definition) is 2. The summed E-state index contributed by atoms with van der Waals surface area (Å²) < 4.78 is 1.50. The summed E-state index contributed by atoms with van der Waals surface area (Å²) in [6.45, 7) is 5.40. The lowest BCUT2D eigenvalue weighted by Crippen LogP contribution is -2.41. The number of carboxylic acid groups (broad SMARTS) is 1. The molecule has 0 saturated carbocycles. The highest BCUT2D eigenvalue weighted by Crippen LogP contribution is 2.37. The third-order valence-electron chi connectivity index (χ3n) is 5.54. The Morgan fingerprint density at radius 1 is 0.946 bits per heavy atom. The van der Waals surface area contributed by atoms with Crippen LogP contribution in [0.4, 0.5) is 9.80 Å². The summed E-state index contributed by atoms with van der Waals surface area (Å²) in [6, 6.07) is 20.7. The van der Waals surface area contributed by atoms with Crippen molar-refractivity contribution in [3.63, 3.8) is 0 Å². The second-order valence-electron chi connectivity index (χ2n) is 9.81. The van der Waals surface area contributed by atoms with Gasteiger partial charge in [-0.2, -0.15) is 0 Å². The van der Waals surface area contributed by atoms with E-state index in [0.717, 1.165) is 16.2 Å². The number of rotatable bonds is 7. The first kappa shape index (κ1) is 25.8. The van der Waals surface area contributed by atoms with Crippen LogP contribution in [0.3, 0.4) is 0 Å². The quantitative estimate of drug-likeness (QED) is 0.326. The van der Waals surface area contributed by atoms with Crippen molar-refractivity contribution in [3.8, 4) is 5.69 Å². The molecule has 8 nitrogen and oxygen atoms in total. The Hall–Kier alpha value is -4.24. The van der Waals surface area contributed by atoms with Crippen LogP contribution >= 0.6 is 11.3 Å². The summed E-state index contributed by atoms with van der Waals surface area (Å²) in [7, 11) is 0. The molecule has 0 aliphatic heterocycles. The Morgan fingerprint density at radius 3 is 2.16 bits per heavy atom. The van der Waals surface area contributed by atoms with E-state index in [0.29, 0.717) is 21.5 Å². The monoisotopic (exact) mass is 517 g/mol. The van der Waals surface area contributed by atoms with Crippen molar-refractivity contribution in [1.29, 1.82) is 0 Å². The van der Waals surface area contributed by atoms with Crippen LogP contribution in [0.15, 0.2) is 77.6 Å². The highest BCUT2D eigenvalue weighted by Gasteiger charge is 2.27. The van der Waals surface area contributed by atoms with Crippen molar-refractivity contribution in [2.45, 2.75) is 20.8 Å². The lowest BCUT2D eigenvalue weighted by Gasteiger charge is -2.27. The number of thiophene rings is 1. The van der Waals surface area contributed by atoms with Crippen LogP contribution in [0.25, 0.3) is 15.9 Å². The van der Waals surface area contributed by atoms with Gasteiger partial charge in [-0.3, -0.25) is 23.9 Å². The first-order chi connectivity index (χ1) is 17.5. The molecule has 0 fully saturated rings. The van der Waals surface area contributed by atoms with Crippen molar-refractivity contribution >= 4 is 44.3 Å². The summed E-state index contributed by atoms with van der Waals surface area (Å²) in [5.74, 6) is -0.890. The van der Waals surface area contributed by atoms with Gasteiger partial charge in [0.05, 0.1) is 11.3 Å². The average molecular weight is 518 g/mol. The van der Waals surface area contributed by atoms with Crippen LogP contribution in [0.1, 0.15) is 36.7 Å². The number of para-hydroxylation sites is 1. The van der Waals surface area contributed by atoms with Gasteiger partial charge in [0, 0.05) is 23.6 Å². The van der Waals surface area contributed by atoms with E-state index < -0.39 is 18.5 Å². The largest absolute Gasteiger partial charge is 0.465 e. The number of anilines is 1. The molecule has 37 heavy (non-hydrogen) atoms. The number of nitrogens with zero attached hydrogens (tertiary/aromatic N) is 2. The standard InChI is InChI=1S/C28H27N3O5S/c1-28(2,3)17-30(27(35)36)16-21(32)29-25-23(24(34)18-10-6-4-7-11-18)20-14-15-22(33)31(26(20)37-25)19-12-8-5-9-13-19/h4-15H,16-17H2,1-3H3,(H,29,32)(H,35,36). The zero-order valence-corrected chi connectivity index (χ0v) is 21.5. The molecule has 0 aliphatic carbocycles. The molecule has 0 spiro atoms. The molecule has 0 saturated heterocycles. The Bertz CT molecular complexity index is 1520. The molecule has 2 heterocycles. The minimum Gasteiger partial charge on any atom is -0.465 e. The molecule has 4 aromatic rings. The molecule has 2 aromatic heterocycles. The minimum atomic E-state index is -1.21. The number of carbonyl (C=O) groups is 3. The number of nitrogens with one attached hydrogen (secondary N) is 1. The van der Waals surface area contributed by atoms with Gasteiger partial charge in [0.25, 0.3) is 5.56 Å². The maximum Gasteiger partial charge on any atom is 0.407 e. The number of fused-ring (bicyclic) bond motifs is 1. The Balaban J connectivity index is 1.82. The Labute approximate surface area is 217 Å². The van der Waals surface area contributed by atoms with E-state index in [1.807, 2.05) is 39.0 Å². The molecule has 0 bridgehead atoms. The van der Waals surface area contributed by atoms with Crippen molar-refractivity contribution < 1.29 is 19.5 Å². The molecule has 0 aliphatic rings. The lowest BCUT2D eigenvalue weighted by molar-refractivity contribution is -0.117. The third-order valence-corrected chi connectivity index (χ3v) is 6.65. The van der Waals surface area contributed by atoms with Gasteiger partial charge in [-0.15, -0.1) is 0 Å². The first-order valence-electron chi connectivity index (χ1n) is 11.7. The Morgan fingerprint density at radius 2 is 1.57 bits per heavy atom. The zero-order valence-electron chi connectivity index (χ0n) is 20.7. The summed E-state index contributed by atoms with van der Waals surface area (Å²) in [6.07, 6.45) is -1.21. The SMILES string of the molecule is CC(C)(C)CN(CC(=O)Nc1sc2c(ccc(=O)n2-c2ccccc2)c1C(=O)c1ccccc1)C(=O)O. The number of hydrogen-bond acceptors (Lipinski definition) is 5. The molecule has 0 radical (unpaired) electrons. The third kappa shape index (κ3) is 5.78. The highest BCUT2D eigenvalue weighted by molar-refractivity contribution is 7.23. The second kappa shape index (κ2) is 10.4. The van der Waals surface area contributed by atoms with Gasteiger partial charge >= 0.3 is 6.09 Å². The van der Waals surface area contributed by atoms with Crippen molar-refractivity contribution in [2.24, 2.45) is 5.41 Å². The summed E-state index contributed by atoms with van der Waals surface area (Å²) >= 11 is 1.10. The fourth-order valence-electron chi connectivity index (χ4n) is 4.05. The van der Waals surface area contributed by atoms with E-state index >= 15 is 0 Å². The van der Waals surface area contributed by atoms with E-state index in [9.17, 15) is 24.3 Å². The first-order valence-corrected chi connectivity index (χ1v) is 12.5. The number of ketones is 1. The van der Waals surface area contributed by atoms with Gasteiger partial charge in [-0.05, 0) is 23.6 Å². The van der Waals surface area contributed by atoms with E-state index in [1.165, 1.54) is 10.6 Å². The molecular formula is C28H27N3O5S.